The topological polar surface area (TPSA) is 85.6 Å². The normalized spacial score (nSPS) is 15.4. The van der Waals surface area contributed by atoms with Crippen LogP contribution in [0.15, 0.2) is 48.7 Å². The van der Waals surface area contributed by atoms with Crippen molar-refractivity contribution in [2.45, 2.75) is 64.9 Å². The van der Waals surface area contributed by atoms with E-state index in [4.69, 9.17) is 26.1 Å². The molecule has 1 atom stereocenters. The van der Waals surface area contributed by atoms with Crippen LogP contribution < -0.4 is 10.1 Å². The lowest BCUT2D eigenvalue weighted by molar-refractivity contribution is -0.0953. The summed E-state index contributed by atoms with van der Waals surface area (Å²) in [5.74, 6) is 1.35. The van der Waals surface area contributed by atoms with E-state index in [0.717, 1.165) is 29.1 Å². The number of benzene rings is 2. The molecule has 2 aromatic carbocycles. The van der Waals surface area contributed by atoms with Gasteiger partial charge in [0.2, 0.25) is 0 Å². The van der Waals surface area contributed by atoms with E-state index >= 15 is 0 Å². The smallest absolute Gasteiger partial charge is 0.251 e. The zero-order valence-corrected chi connectivity index (χ0v) is 22.0. The molecule has 3 aromatic rings. The Morgan fingerprint density at radius 1 is 1.25 bits per heavy atom. The summed E-state index contributed by atoms with van der Waals surface area (Å²) < 4.78 is 13.6. The van der Waals surface area contributed by atoms with Gasteiger partial charge >= 0.3 is 0 Å². The first-order valence-corrected chi connectivity index (χ1v) is 12.7. The van der Waals surface area contributed by atoms with E-state index in [0.29, 0.717) is 42.3 Å². The maximum atomic E-state index is 12.4. The SMILES string of the molecule is CC(C)Oc1ccc(C(=O)NCCC(O)Cc2ccc(-c3cn4c(n3)CCOC4(C)C)cc2)cc1Cl. The molecule has 1 amide bonds. The molecule has 0 fully saturated rings. The van der Waals surface area contributed by atoms with Gasteiger partial charge in [-0.05, 0) is 64.3 Å². The molecule has 36 heavy (non-hydrogen) atoms. The molecule has 0 bridgehead atoms. The van der Waals surface area contributed by atoms with Gasteiger partial charge in [0.05, 0.1) is 29.5 Å². The lowest BCUT2D eigenvalue weighted by Gasteiger charge is -2.32. The molecule has 192 valence electrons. The van der Waals surface area contributed by atoms with Gasteiger partial charge in [-0.3, -0.25) is 4.79 Å². The van der Waals surface area contributed by atoms with Gasteiger partial charge in [-0.2, -0.15) is 0 Å². The first kappa shape index (κ1) is 26.2. The van der Waals surface area contributed by atoms with Gasteiger partial charge in [0.25, 0.3) is 5.91 Å². The molecule has 2 N–H and O–H groups in total. The largest absolute Gasteiger partial charge is 0.489 e. The molecular formula is C28H34ClN3O4. The van der Waals surface area contributed by atoms with E-state index in [1.807, 2.05) is 58.2 Å². The van der Waals surface area contributed by atoms with Gasteiger partial charge in [-0.1, -0.05) is 35.9 Å². The molecule has 0 aliphatic carbocycles. The van der Waals surface area contributed by atoms with Crippen LogP contribution in [0.5, 0.6) is 5.75 Å². The van der Waals surface area contributed by atoms with Gasteiger partial charge in [-0.15, -0.1) is 0 Å². The van der Waals surface area contributed by atoms with Crippen molar-refractivity contribution in [2.24, 2.45) is 0 Å². The van der Waals surface area contributed by atoms with Gasteiger partial charge in [-0.25, -0.2) is 4.98 Å². The second-order valence-electron chi connectivity index (χ2n) is 9.87. The van der Waals surface area contributed by atoms with Gasteiger partial charge in [0.1, 0.15) is 17.3 Å². The van der Waals surface area contributed by atoms with E-state index in [9.17, 15) is 9.90 Å². The molecule has 0 radical (unpaired) electrons. The van der Waals surface area contributed by atoms with Crippen LogP contribution >= 0.6 is 11.6 Å². The maximum Gasteiger partial charge on any atom is 0.251 e. The third kappa shape index (κ3) is 6.27. The lowest BCUT2D eigenvalue weighted by atomic mass is 10.0. The highest BCUT2D eigenvalue weighted by Crippen LogP contribution is 2.29. The van der Waals surface area contributed by atoms with Crippen LogP contribution in [0.4, 0.5) is 0 Å². The molecule has 0 saturated heterocycles. The van der Waals surface area contributed by atoms with Crippen molar-refractivity contribution in [3.8, 4) is 17.0 Å². The van der Waals surface area contributed by atoms with Crippen molar-refractivity contribution in [1.29, 1.82) is 0 Å². The molecule has 7 nitrogen and oxygen atoms in total. The predicted molar refractivity (Wildman–Crippen MR) is 141 cm³/mol. The summed E-state index contributed by atoms with van der Waals surface area (Å²) in [4.78, 5) is 17.2. The lowest BCUT2D eigenvalue weighted by Crippen LogP contribution is -2.36. The quantitative estimate of drug-likeness (QED) is 0.423. The number of aliphatic hydroxyl groups excluding tert-OH is 1. The molecule has 1 aliphatic rings. The fraction of sp³-hybridized carbons (Fsp3) is 0.429. The molecule has 4 rings (SSSR count). The maximum absolute atomic E-state index is 12.4. The molecule has 1 aliphatic heterocycles. The average molecular weight is 512 g/mol. The number of halogens is 1. The Hall–Kier alpha value is -2.87. The molecule has 8 heteroatoms. The van der Waals surface area contributed by atoms with Gasteiger partial charge in [0, 0.05) is 30.3 Å². The Bertz CT molecular complexity index is 1200. The first-order chi connectivity index (χ1) is 17.1. The summed E-state index contributed by atoms with van der Waals surface area (Å²) in [5.41, 5.74) is 3.04. The number of hydrogen-bond acceptors (Lipinski definition) is 5. The highest BCUT2D eigenvalue weighted by atomic mass is 35.5. The highest BCUT2D eigenvalue weighted by Gasteiger charge is 2.29. The molecule has 2 heterocycles. The molecule has 0 saturated carbocycles. The molecule has 1 unspecified atom stereocenters. The van der Waals surface area contributed by atoms with Gasteiger partial charge in [0.15, 0.2) is 0 Å². The number of carbonyl (C=O) groups is 1. The fourth-order valence-electron chi connectivity index (χ4n) is 4.29. The predicted octanol–water partition coefficient (Wildman–Crippen LogP) is 4.98. The number of imidazole rings is 1. The summed E-state index contributed by atoms with van der Waals surface area (Å²) in [6, 6.07) is 13.1. The Kier molecular flexibility index (Phi) is 8.03. The van der Waals surface area contributed by atoms with Crippen molar-refractivity contribution in [3.63, 3.8) is 0 Å². The molecule has 1 aromatic heterocycles. The summed E-state index contributed by atoms with van der Waals surface area (Å²) in [6.45, 7) is 8.95. The number of ether oxygens (including phenoxy) is 2. The highest BCUT2D eigenvalue weighted by molar-refractivity contribution is 6.32. The number of hydrogen-bond donors (Lipinski definition) is 2. The van der Waals surface area contributed by atoms with Crippen molar-refractivity contribution in [1.82, 2.24) is 14.9 Å². The van der Waals surface area contributed by atoms with Crippen LogP contribution in [0.1, 0.15) is 55.9 Å². The third-order valence-electron chi connectivity index (χ3n) is 6.18. The number of aromatic nitrogens is 2. The van der Waals surface area contributed by atoms with Crippen LogP contribution in [-0.4, -0.2) is 45.9 Å². The average Bonchev–Trinajstić information content (AvgIpc) is 3.26. The minimum atomic E-state index is -0.570. The van der Waals surface area contributed by atoms with E-state index in [1.54, 1.807) is 18.2 Å². The fourth-order valence-corrected chi connectivity index (χ4v) is 4.52. The number of nitrogens with one attached hydrogen (secondary N) is 1. The van der Waals surface area contributed by atoms with Crippen LogP contribution in [0.25, 0.3) is 11.3 Å². The Morgan fingerprint density at radius 2 is 2.00 bits per heavy atom. The number of rotatable bonds is 9. The minimum absolute atomic E-state index is 0.00142. The summed E-state index contributed by atoms with van der Waals surface area (Å²) in [6.07, 6.45) is 3.22. The second-order valence-corrected chi connectivity index (χ2v) is 10.3. The Balaban J connectivity index is 1.27. The zero-order valence-electron chi connectivity index (χ0n) is 21.3. The standard InChI is InChI=1S/C28H34ClN3O4/c1-18(2)36-25-10-9-21(16-23(25)29)27(34)30-13-11-22(33)15-19-5-7-20(8-6-19)24-17-32-26(31-24)12-14-35-28(32,3)4/h5-10,16-18,22,33H,11-15H2,1-4H3,(H,30,34). The summed E-state index contributed by atoms with van der Waals surface area (Å²) in [5, 5.41) is 13.7. The van der Waals surface area contributed by atoms with E-state index < -0.39 is 11.8 Å². The number of amides is 1. The van der Waals surface area contributed by atoms with Crippen molar-refractivity contribution >= 4 is 17.5 Å². The van der Waals surface area contributed by atoms with Crippen LogP contribution in [-0.2, 0) is 23.3 Å². The van der Waals surface area contributed by atoms with Crippen molar-refractivity contribution in [2.75, 3.05) is 13.2 Å². The number of nitrogens with zero attached hydrogens (tertiary/aromatic N) is 2. The first-order valence-electron chi connectivity index (χ1n) is 12.4. The van der Waals surface area contributed by atoms with Crippen molar-refractivity contribution < 1.29 is 19.4 Å². The summed E-state index contributed by atoms with van der Waals surface area (Å²) >= 11 is 6.23. The van der Waals surface area contributed by atoms with Crippen LogP contribution in [0, 0.1) is 0 Å². The van der Waals surface area contributed by atoms with Crippen molar-refractivity contribution in [3.05, 3.63) is 70.6 Å². The van der Waals surface area contributed by atoms with Crippen LogP contribution in [0.2, 0.25) is 5.02 Å². The van der Waals surface area contributed by atoms with E-state index in [-0.39, 0.29) is 12.0 Å². The second kappa shape index (κ2) is 11.0. The monoisotopic (exact) mass is 511 g/mol. The van der Waals surface area contributed by atoms with E-state index in [2.05, 4.69) is 9.88 Å². The molecular weight excluding hydrogens is 478 g/mol. The molecule has 0 spiro atoms. The van der Waals surface area contributed by atoms with Crippen LogP contribution in [0.3, 0.4) is 0 Å². The zero-order chi connectivity index (χ0) is 25.9. The minimum Gasteiger partial charge on any atom is -0.489 e. The number of aliphatic hydroxyl groups is 1. The number of carbonyl (C=O) groups excluding carboxylic acids is 1. The van der Waals surface area contributed by atoms with E-state index in [1.165, 1.54) is 0 Å². The third-order valence-corrected chi connectivity index (χ3v) is 6.48. The van der Waals surface area contributed by atoms with Gasteiger partial charge < -0.3 is 24.5 Å². The number of fused-ring (bicyclic) bond motifs is 1. The summed E-state index contributed by atoms with van der Waals surface area (Å²) in [7, 11) is 0. The Labute approximate surface area is 217 Å². The Morgan fingerprint density at radius 3 is 2.67 bits per heavy atom.